The third-order valence-corrected chi connectivity index (χ3v) is 5.68. The van der Waals surface area contributed by atoms with Crippen molar-refractivity contribution in [1.29, 1.82) is 0 Å². The fourth-order valence-electron chi connectivity index (χ4n) is 3.26. The van der Waals surface area contributed by atoms with Crippen LogP contribution < -0.4 is 10.6 Å². The maximum Gasteiger partial charge on any atom is 0.222 e. The summed E-state index contributed by atoms with van der Waals surface area (Å²) in [6, 6.07) is 0.402. The highest BCUT2D eigenvalue weighted by Crippen LogP contribution is 2.29. The Morgan fingerprint density at radius 1 is 1.33 bits per heavy atom. The number of halogens is 1. The van der Waals surface area contributed by atoms with Gasteiger partial charge in [-0.25, -0.2) is 0 Å². The van der Waals surface area contributed by atoms with E-state index >= 15 is 0 Å². The predicted molar refractivity (Wildman–Crippen MR) is 115 cm³/mol. The summed E-state index contributed by atoms with van der Waals surface area (Å²) in [4.78, 5) is 19.0. The van der Waals surface area contributed by atoms with Gasteiger partial charge in [0, 0.05) is 42.6 Å². The third-order valence-electron chi connectivity index (χ3n) is 4.38. The predicted octanol–water partition coefficient (Wildman–Crippen LogP) is 2.85. The van der Waals surface area contributed by atoms with Gasteiger partial charge in [-0.2, -0.15) is 11.8 Å². The first-order chi connectivity index (χ1) is 11.0. The Kier molecular flexibility index (Phi) is 9.77. The molecule has 1 aliphatic heterocycles. The lowest BCUT2D eigenvalue weighted by atomic mass is 10.2. The minimum absolute atomic E-state index is 0. The van der Waals surface area contributed by atoms with E-state index in [2.05, 4.69) is 41.3 Å². The van der Waals surface area contributed by atoms with Crippen LogP contribution in [0.2, 0.25) is 0 Å². The molecule has 2 fully saturated rings. The molecule has 0 aromatic heterocycles. The molecule has 5 nitrogen and oxygen atoms in total. The zero-order chi connectivity index (χ0) is 16.7. The molecule has 0 aromatic rings. The fourth-order valence-corrected chi connectivity index (χ4v) is 4.37. The number of nitrogens with zero attached hydrogens (tertiary/aromatic N) is 2. The molecule has 2 rings (SSSR count). The first-order valence-electron chi connectivity index (χ1n) is 8.97. The van der Waals surface area contributed by atoms with Gasteiger partial charge >= 0.3 is 0 Å². The molecule has 1 heterocycles. The molecule has 2 N–H and O–H groups in total. The molecule has 1 saturated carbocycles. The van der Waals surface area contributed by atoms with E-state index in [1.54, 1.807) is 0 Å². The van der Waals surface area contributed by atoms with E-state index in [0.29, 0.717) is 19.0 Å². The van der Waals surface area contributed by atoms with E-state index in [-0.39, 0.29) is 34.6 Å². The number of guanidine groups is 1. The van der Waals surface area contributed by atoms with Crippen molar-refractivity contribution in [2.75, 3.05) is 31.9 Å². The van der Waals surface area contributed by atoms with Crippen LogP contribution in [0.5, 0.6) is 0 Å². The number of hydrogen-bond acceptors (Lipinski definition) is 3. The van der Waals surface area contributed by atoms with Gasteiger partial charge in [0.25, 0.3) is 0 Å². The van der Waals surface area contributed by atoms with E-state index in [4.69, 9.17) is 0 Å². The van der Waals surface area contributed by atoms with Crippen LogP contribution in [0.25, 0.3) is 0 Å². The van der Waals surface area contributed by atoms with Crippen LogP contribution in [0.1, 0.15) is 52.9 Å². The Morgan fingerprint density at radius 3 is 2.67 bits per heavy atom. The molecule has 0 unspecified atom stereocenters. The number of carbonyl (C=O) groups excluding carboxylic acids is 1. The SMILES string of the molecule is CCNC(=NCCC(=O)NC1CCCC1)N1CCSC(C)(C)C1.I. The lowest BCUT2D eigenvalue weighted by Gasteiger charge is -2.39. The zero-order valence-electron chi connectivity index (χ0n) is 15.3. The summed E-state index contributed by atoms with van der Waals surface area (Å²) in [6.45, 7) is 10.1. The normalized spacial score (nSPS) is 21.3. The summed E-state index contributed by atoms with van der Waals surface area (Å²) in [5.41, 5.74) is 0. The molecule has 0 atom stereocenters. The molecule has 7 heteroatoms. The van der Waals surface area contributed by atoms with Gasteiger partial charge in [-0.1, -0.05) is 12.8 Å². The Hall–Kier alpha value is -0.180. The van der Waals surface area contributed by atoms with Crippen molar-refractivity contribution in [2.45, 2.75) is 63.7 Å². The maximum atomic E-state index is 12.0. The highest BCUT2D eigenvalue weighted by atomic mass is 127. The molecule has 24 heavy (non-hydrogen) atoms. The summed E-state index contributed by atoms with van der Waals surface area (Å²) in [5, 5.41) is 6.50. The fraction of sp³-hybridized carbons (Fsp3) is 0.882. The van der Waals surface area contributed by atoms with Crippen molar-refractivity contribution in [3.8, 4) is 0 Å². The number of rotatable bonds is 5. The lowest BCUT2D eigenvalue weighted by molar-refractivity contribution is -0.121. The van der Waals surface area contributed by atoms with Gasteiger partial charge in [0.05, 0.1) is 6.54 Å². The molecule has 0 radical (unpaired) electrons. The minimum atomic E-state index is 0. The Balaban J connectivity index is 0.00000288. The Morgan fingerprint density at radius 2 is 2.04 bits per heavy atom. The number of carbonyl (C=O) groups is 1. The highest BCUT2D eigenvalue weighted by molar-refractivity contribution is 14.0. The average molecular weight is 468 g/mol. The largest absolute Gasteiger partial charge is 0.357 e. The van der Waals surface area contributed by atoms with Gasteiger partial charge in [-0.15, -0.1) is 24.0 Å². The smallest absolute Gasteiger partial charge is 0.222 e. The van der Waals surface area contributed by atoms with Crippen LogP contribution in [0.3, 0.4) is 0 Å². The maximum absolute atomic E-state index is 12.0. The standard InChI is InChI=1S/C17H32N4OS.HI/c1-4-18-16(21-11-12-23-17(2,3)13-21)19-10-9-15(22)20-14-7-5-6-8-14;/h14H,4-13H2,1-3H3,(H,18,19)(H,20,22);1H. The van der Waals surface area contributed by atoms with E-state index in [1.807, 2.05) is 11.8 Å². The van der Waals surface area contributed by atoms with Crippen molar-refractivity contribution in [3.05, 3.63) is 0 Å². The second-order valence-corrected chi connectivity index (χ2v) is 8.87. The van der Waals surface area contributed by atoms with Crippen LogP contribution in [-0.2, 0) is 4.79 Å². The highest BCUT2D eigenvalue weighted by Gasteiger charge is 2.28. The molecule has 0 bridgehead atoms. The molecule has 2 aliphatic rings. The number of aliphatic imine (C=N–C) groups is 1. The average Bonchev–Trinajstić information content (AvgIpc) is 2.98. The van der Waals surface area contributed by atoms with Gasteiger partial charge < -0.3 is 15.5 Å². The molecule has 1 saturated heterocycles. The summed E-state index contributed by atoms with van der Waals surface area (Å²) < 4.78 is 0.258. The first-order valence-corrected chi connectivity index (χ1v) is 9.95. The number of amides is 1. The van der Waals surface area contributed by atoms with E-state index in [1.165, 1.54) is 12.8 Å². The molecular formula is C17H33IN4OS. The Labute approximate surface area is 168 Å². The second kappa shape index (κ2) is 10.7. The van der Waals surface area contributed by atoms with Crippen molar-refractivity contribution >= 4 is 47.6 Å². The van der Waals surface area contributed by atoms with Crippen LogP contribution >= 0.6 is 35.7 Å². The van der Waals surface area contributed by atoms with Gasteiger partial charge in [-0.3, -0.25) is 9.79 Å². The summed E-state index contributed by atoms with van der Waals surface area (Å²) >= 11 is 2.02. The van der Waals surface area contributed by atoms with Crippen LogP contribution in [0, 0.1) is 0 Å². The van der Waals surface area contributed by atoms with Gasteiger partial charge in [0.2, 0.25) is 5.91 Å². The van der Waals surface area contributed by atoms with E-state index in [0.717, 1.165) is 44.2 Å². The lowest BCUT2D eigenvalue weighted by Crippen LogP contribution is -2.51. The van der Waals surface area contributed by atoms with E-state index < -0.39 is 0 Å². The molecule has 140 valence electrons. The molecule has 1 amide bonds. The molecule has 0 spiro atoms. The van der Waals surface area contributed by atoms with Crippen LogP contribution in [0.4, 0.5) is 0 Å². The van der Waals surface area contributed by atoms with E-state index in [9.17, 15) is 4.79 Å². The summed E-state index contributed by atoms with van der Waals surface area (Å²) in [5.74, 6) is 2.22. The van der Waals surface area contributed by atoms with Crippen molar-refractivity contribution < 1.29 is 4.79 Å². The minimum Gasteiger partial charge on any atom is -0.357 e. The zero-order valence-corrected chi connectivity index (χ0v) is 18.4. The Bertz CT molecular complexity index is 425. The topological polar surface area (TPSA) is 56.7 Å². The number of hydrogen-bond donors (Lipinski definition) is 2. The number of thioether (sulfide) groups is 1. The second-order valence-electron chi connectivity index (χ2n) is 7.06. The van der Waals surface area contributed by atoms with Crippen LogP contribution in [-0.4, -0.2) is 59.5 Å². The summed E-state index contributed by atoms with van der Waals surface area (Å²) in [6.07, 6.45) is 5.25. The first kappa shape index (κ1) is 21.9. The monoisotopic (exact) mass is 468 g/mol. The molecular weight excluding hydrogens is 435 g/mol. The third kappa shape index (κ3) is 7.37. The van der Waals surface area contributed by atoms with Gasteiger partial charge in [0.15, 0.2) is 5.96 Å². The van der Waals surface area contributed by atoms with Gasteiger partial charge in [0.1, 0.15) is 0 Å². The number of nitrogens with one attached hydrogen (secondary N) is 2. The van der Waals surface area contributed by atoms with Crippen molar-refractivity contribution in [1.82, 2.24) is 15.5 Å². The van der Waals surface area contributed by atoms with Crippen molar-refractivity contribution in [3.63, 3.8) is 0 Å². The van der Waals surface area contributed by atoms with Crippen molar-refractivity contribution in [2.24, 2.45) is 4.99 Å². The quantitative estimate of drug-likeness (QED) is 0.370. The van der Waals surface area contributed by atoms with Gasteiger partial charge in [-0.05, 0) is 33.6 Å². The molecule has 1 aliphatic carbocycles. The van der Waals surface area contributed by atoms with Crippen LogP contribution in [0.15, 0.2) is 4.99 Å². The molecule has 0 aromatic carbocycles. The summed E-state index contributed by atoms with van der Waals surface area (Å²) in [7, 11) is 0.